The third kappa shape index (κ3) is 41.0. The van der Waals surface area contributed by atoms with E-state index in [1.54, 1.807) is 41.5 Å². The van der Waals surface area contributed by atoms with Gasteiger partial charge in [-0.1, -0.05) is 304 Å². The first-order valence-electron chi connectivity index (χ1n) is 45.0. The molecule has 3 amide bonds. The molecule has 11 rings (SSSR count). The quantitative estimate of drug-likeness (QED) is 0.0158. The predicted octanol–water partition coefficient (Wildman–Crippen LogP) is 13.4. The van der Waals surface area contributed by atoms with Gasteiger partial charge in [0.15, 0.2) is 18.9 Å². The lowest BCUT2D eigenvalue weighted by Crippen LogP contribution is -2.62. The Hall–Kier alpha value is -9.98. The minimum absolute atomic E-state index is 0. The first kappa shape index (κ1) is 117. The van der Waals surface area contributed by atoms with Crippen LogP contribution in [0.1, 0.15) is 135 Å². The topological polar surface area (TPSA) is 384 Å². The summed E-state index contributed by atoms with van der Waals surface area (Å²) in [4.78, 5) is 46.5. The van der Waals surface area contributed by atoms with Crippen LogP contribution in [0.4, 0.5) is 4.79 Å². The molecule has 29 nitrogen and oxygen atoms in total. The molecule has 3 heterocycles. The van der Waals surface area contributed by atoms with E-state index < -0.39 is 147 Å². The van der Waals surface area contributed by atoms with Crippen LogP contribution in [0.3, 0.4) is 0 Å². The van der Waals surface area contributed by atoms with Crippen LogP contribution in [0.5, 0.6) is 0 Å². The van der Waals surface area contributed by atoms with Crippen LogP contribution < -0.4 is 16.0 Å². The van der Waals surface area contributed by atoms with Gasteiger partial charge in [-0.25, -0.2) is 4.79 Å². The van der Waals surface area contributed by atoms with Crippen LogP contribution in [0.2, 0.25) is 0 Å². The van der Waals surface area contributed by atoms with Crippen molar-refractivity contribution in [3.63, 3.8) is 0 Å². The van der Waals surface area contributed by atoms with E-state index in [-0.39, 0.29) is 112 Å². The van der Waals surface area contributed by atoms with Crippen LogP contribution >= 0.6 is 0 Å². The second kappa shape index (κ2) is 64.2. The maximum Gasteiger partial charge on any atom is 0.408 e. The Morgan fingerprint density at radius 3 is 0.860 bits per heavy atom. The van der Waals surface area contributed by atoms with Gasteiger partial charge in [0.2, 0.25) is 11.8 Å². The lowest BCUT2D eigenvalue weighted by Gasteiger charge is -2.46. The largest absolute Gasteiger partial charge is 0.444 e. The number of carbonyl (C=O) groups excluding carboxylic acids is 4. The van der Waals surface area contributed by atoms with Crippen LogP contribution in [-0.4, -0.2) is 233 Å². The first-order valence-corrected chi connectivity index (χ1v) is 45.0. The van der Waals surface area contributed by atoms with Gasteiger partial charge in [0, 0.05) is 19.3 Å². The van der Waals surface area contributed by atoms with Crippen molar-refractivity contribution in [2.45, 2.75) is 277 Å². The first-order chi connectivity index (χ1) is 64.3. The fourth-order valence-electron chi connectivity index (χ4n) is 13.8. The summed E-state index contributed by atoms with van der Waals surface area (Å²) in [6.07, 6.45) is -13.5. The van der Waals surface area contributed by atoms with Gasteiger partial charge in [-0.2, -0.15) is 0 Å². The van der Waals surface area contributed by atoms with Gasteiger partial charge >= 0.3 is 6.09 Å². The highest BCUT2D eigenvalue weighted by molar-refractivity contribution is 5.76. The van der Waals surface area contributed by atoms with Crippen molar-refractivity contribution in [1.29, 1.82) is 0 Å². The van der Waals surface area contributed by atoms with Crippen LogP contribution in [0.25, 0.3) is 0 Å². The van der Waals surface area contributed by atoms with Crippen LogP contribution in [-0.2, 0) is 138 Å². The number of rotatable bonds is 48. The molecule has 8 aromatic carbocycles. The summed E-state index contributed by atoms with van der Waals surface area (Å²) in [7, 11) is 0. The van der Waals surface area contributed by atoms with Crippen molar-refractivity contribution in [2.24, 2.45) is 0 Å². The highest BCUT2D eigenvalue weighted by Gasteiger charge is 2.52. The molecule has 3 aliphatic rings. The number of hydrogen-bond acceptors (Lipinski definition) is 26. The van der Waals surface area contributed by atoms with Gasteiger partial charge in [0.25, 0.3) is 0 Å². The fourth-order valence-corrected chi connectivity index (χ4v) is 13.8. The SMILES string of the molecule is C.C.C.C=C[C@@H](O)[C@H](CO[C@H]1OC(CO)[C@H](O)C(O)[C@@H]1O)NC(=O)CC.C=C[C@@H](O)[C@H](CO[C@H]1OC(COCc2ccccc2)[C@H](OCc2ccccc2)C(OCc2ccccc2)[C@@H]1OCc1ccccc1)NC(=O)CC.C=C[C@@H](O)[C@H](CO[C@H]1OC(COCc2ccccc2)[C@H](OCc2ccccc2)C(OCc2ccccc2)[C@@H]1OCc1ccccc1)NC(=O)OC(C)(C)C.CCC(C)=O. The summed E-state index contributed by atoms with van der Waals surface area (Å²) >= 11 is 0. The summed E-state index contributed by atoms with van der Waals surface area (Å²) in [6, 6.07) is 76.5. The zero-order chi connectivity index (χ0) is 95.7. The van der Waals surface area contributed by atoms with Crippen LogP contribution in [0, 0.1) is 0 Å². The minimum Gasteiger partial charge on any atom is -0.444 e. The monoisotopic (exact) mass is 1890 g/mol. The Bertz CT molecular complexity index is 4540. The summed E-state index contributed by atoms with van der Waals surface area (Å²) < 4.78 is 95.0. The average molecular weight is 1890 g/mol. The summed E-state index contributed by atoms with van der Waals surface area (Å²) in [6.45, 7) is 24.6. The van der Waals surface area contributed by atoms with Gasteiger partial charge in [0.1, 0.15) is 84.6 Å². The molecule has 0 aliphatic carbocycles. The van der Waals surface area contributed by atoms with Gasteiger partial charge in [-0.3, -0.25) is 9.59 Å². The van der Waals surface area contributed by atoms with E-state index in [2.05, 4.69) is 35.7 Å². The number of hydrogen-bond donors (Lipinski definition) is 10. The maximum absolute atomic E-state index is 12.8. The highest BCUT2D eigenvalue weighted by atomic mass is 16.7. The van der Waals surface area contributed by atoms with Crippen LogP contribution in [0.15, 0.2) is 281 Å². The molecule has 136 heavy (non-hydrogen) atoms. The Morgan fingerprint density at radius 1 is 0.353 bits per heavy atom. The van der Waals surface area contributed by atoms with Gasteiger partial charge < -0.3 is 128 Å². The number of Topliss-reactive ketones (excluding diaryl/α,β-unsaturated/α-hetero) is 1. The normalized spacial score (nSPS) is 22.4. The zero-order valence-electron chi connectivity index (χ0n) is 77.0. The molecular formula is C107H147N3O26. The molecule has 0 aromatic heterocycles. The number of benzene rings is 8. The number of nitrogens with one attached hydrogen (secondary N) is 3. The Balaban J connectivity index is 0.000000371. The predicted molar refractivity (Wildman–Crippen MR) is 519 cm³/mol. The number of aliphatic hydroxyl groups is 7. The highest BCUT2D eigenvalue weighted by Crippen LogP contribution is 2.35. The number of ketones is 1. The van der Waals surface area contributed by atoms with E-state index in [9.17, 15) is 49.8 Å². The minimum atomic E-state index is -1.56. The average Bonchev–Trinajstić information content (AvgIpc) is 0.789. The van der Waals surface area contributed by atoms with Gasteiger partial charge in [-0.05, 0) is 72.2 Å². The lowest BCUT2D eigenvalue weighted by molar-refractivity contribution is -0.329. The number of ether oxygens (including phenoxy) is 15. The molecule has 3 saturated heterocycles. The zero-order valence-corrected chi connectivity index (χ0v) is 77.0. The summed E-state index contributed by atoms with van der Waals surface area (Å²) in [5.41, 5.74) is 7.13. The smallest absolute Gasteiger partial charge is 0.408 e. The van der Waals surface area contributed by atoms with E-state index in [4.69, 9.17) is 76.2 Å². The second-order valence-electron chi connectivity index (χ2n) is 32.9. The van der Waals surface area contributed by atoms with E-state index in [1.165, 1.54) is 18.2 Å². The molecular weight excluding hydrogens is 1740 g/mol. The molecule has 6 unspecified atom stereocenters. The van der Waals surface area contributed by atoms with Crippen molar-refractivity contribution >= 4 is 23.7 Å². The van der Waals surface area contributed by atoms with Crippen molar-refractivity contribution in [1.82, 2.24) is 16.0 Å². The molecule has 0 radical (unpaired) electrons. The van der Waals surface area contributed by atoms with E-state index in [1.807, 2.05) is 250 Å². The Labute approximate surface area is 803 Å². The molecule has 0 bridgehead atoms. The standard InChI is InChI=1S/C44H53NO9.C42H49NO8.C14H25NO8.C4H8O.3CH4/c1-5-37(46)36(45-43(47)54-44(2,3)4)30-52-42-41(51-29-35-24-16-9-17-25-35)40(50-28-34-22-14-8-15-23-34)39(49-27-33-20-12-7-13-21-33)38(53-42)31-48-26-32-18-10-6-11-19-32;1-3-36(44)35(43-38(45)4-2)29-50-42-41(49-28-34-23-15-8-16-24-34)40(48-27-33-21-13-7-14-22-33)39(47-26-32-19-11-6-12-20-32)37(51-42)30-46-25-31-17-9-5-10-18-31;1-3-8(17)7(15-10(18)4-2)6-22-14-13(21)12(20)11(19)9(5-16)23-14;1-3-4(2)5;;;/h5-25,36-42,46H,1,26-31H2,2-4H3,(H,45,47);3,5-24,35-37,39-42,44H,1,4,25-30H2,2H3,(H,43,45);3,7-9,11-14,16-17,19-21H,1,4-6H2,2H3,(H,15,18);3H2,1-2H3;3*1H4/t36-,37+,38?,39-,40?,41-,42-;35-,36+,37?,39-,40?,41-,42-;7-,8+,9?,11-,12?,13-,14-;;;;/m000..../s1. The molecule has 3 aliphatic heterocycles. The lowest BCUT2D eigenvalue weighted by atomic mass is 9.97. The number of amides is 3. The molecule has 29 heteroatoms. The van der Waals surface area contributed by atoms with Gasteiger partial charge in [0.05, 0.1) is 129 Å². The Kier molecular flexibility index (Phi) is 55.0. The number of aliphatic hydroxyl groups excluding tert-OH is 7. The van der Waals surface area contributed by atoms with Gasteiger partial charge in [-0.15, -0.1) is 19.7 Å². The molecule has 746 valence electrons. The molecule has 10 N–H and O–H groups in total. The number of carbonyl (C=O) groups is 4. The number of alkyl carbamates (subject to hydrolysis) is 1. The fraction of sp³-hybridized carbons (Fsp3) is 0.458. The third-order valence-electron chi connectivity index (χ3n) is 21.3. The van der Waals surface area contributed by atoms with Crippen molar-refractivity contribution < 1.29 is 126 Å². The van der Waals surface area contributed by atoms with E-state index in [0.29, 0.717) is 32.8 Å². The second-order valence-corrected chi connectivity index (χ2v) is 32.9. The molecule has 0 saturated carbocycles. The van der Waals surface area contributed by atoms with E-state index in [0.717, 1.165) is 44.5 Å². The Morgan fingerprint density at radius 2 is 0.603 bits per heavy atom. The molecule has 8 aromatic rings. The van der Waals surface area contributed by atoms with Crippen molar-refractivity contribution in [3.05, 3.63) is 325 Å². The summed E-state index contributed by atoms with van der Waals surface area (Å²) in [5.74, 6) is -0.283. The third-order valence-corrected chi connectivity index (χ3v) is 21.3. The molecule has 21 atom stereocenters. The van der Waals surface area contributed by atoms with Crippen molar-refractivity contribution in [2.75, 3.05) is 39.6 Å². The molecule has 3 fully saturated rings. The summed E-state index contributed by atoms with van der Waals surface area (Å²) in [5, 5.41) is 77.8. The maximum atomic E-state index is 12.8. The molecule has 0 spiro atoms. The van der Waals surface area contributed by atoms with Crippen molar-refractivity contribution in [3.8, 4) is 0 Å². The van der Waals surface area contributed by atoms with E-state index >= 15 is 0 Å².